The van der Waals surface area contributed by atoms with E-state index >= 15 is 0 Å². The van der Waals surface area contributed by atoms with Gasteiger partial charge in [-0.3, -0.25) is 4.79 Å². The molecule has 0 aromatic rings. The van der Waals surface area contributed by atoms with Crippen molar-refractivity contribution in [3.05, 3.63) is 0 Å². The molecule has 0 unspecified atom stereocenters. The third-order valence-corrected chi connectivity index (χ3v) is 2.79. The molecular weight excluding hydrogens is 174 g/mol. The van der Waals surface area contributed by atoms with E-state index in [-0.39, 0.29) is 16.7 Å². The molecule has 14 heavy (non-hydrogen) atoms. The summed E-state index contributed by atoms with van der Waals surface area (Å²) in [6.07, 6.45) is 4.47. The Bertz CT molecular complexity index is 194. The van der Waals surface area contributed by atoms with Crippen LogP contribution in [0.25, 0.3) is 0 Å². The van der Waals surface area contributed by atoms with Crippen molar-refractivity contribution in [1.29, 1.82) is 0 Å². The number of primary amides is 1. The number of amides is 1. The molecule has 0 radical (unpaired) electrons. The van der Waals surface area contributed by atoms with E-state index in [1.54, 1.807) is 0 Å². The molecule has 0 aromatic heterocycles. The largest absolute Gasteiger partial charge is 0.369 e. The van der Waals surface area contributed by atoms with Gasteiger partial charge in [0.15, 0.2) is 0 Å². The van der Waals surface area contributed by atoms with Crippen molar-refractivity contribution in [3.63, 3.8) is 0 Å². The van der Waals surface area contributed by atoms with Crippen molar-refractivity contribution in [1.82, 2.24) is 0 Å². The lowest BCUT2D eigenvalue weighted by molar-refractivity contribution is -0.127. The van der Waals surface area contributed by atoms with E-state index in [1.165, 1.54) is 19.3 Å². The van der Waals surface area contributed by atoms with Gasteiger partial charge in [0, 0.05) is 5.41 Å². The Morgan fingerprint density at radius 1 is 1.21 bits per heavy atom. The molecule has 1 amide bonds. The Morgan fingerprint density at radius 2 is 1.71 bits per heavy atom. The maximum Gasteiger partial charge on any atom is 0.223 e. The van der Waals surface area contributed by atoms with Crippen LogP contribution in [-0.4, -0.2) is 5.91 Å². The summed E-state index contributed by atoms with van der Waals surface area (Å²) in [5, 5.41) is 0. The van der Waals surface area contributed by atoms with Crippen LogP contribution in [0.4, 0.5) is 0 Å². The Morgan fingerprint density at radius 3 is 2.07 bits per heavy atom. The first-order chi connectivity index (χ1) is 6.21. The van der Waals surface area contributed by atoms with E-state index in [0.717, 1.165) is 6.42 Å². The quantitative estimate of drug-likeness (QED) is 0.701. The predicted octanol–water partition coefficient (Wildman–Crippen LogP) is 3.10. The minimum Gasteiger partial charge on any atom is -0.369 e. The van der Waals surface area contributed by atoms with Crippen LogP contribution in [0.5, 0.6) is 0 Å². The summed E-state index contributed by atoms with van der Waals surface area (Å²) in [4.78, 5) is 11.2. The number of hydrogen-bond acceptors (Lipinski definition) is 1. The molecule has 0 saturated carbocycles. The lowest BCUT2D eigenvalue weighted by atomic mass is 9.72. The lowest BCUT2D eigenvalue weighted by Gasteiger charge is -2.32. The number of hydrogen-bond donors (Lipinski definition) is 1. The second kappa shape index (κ2) is 4.81. The van der Waals surface area contributed by atoms with Crippen LogP contribution >= 0.6 is 0 Å². The van der Waals surface area contributed by atoms with E-state index in [9.17, 15) is 4.79 Å². The molecule has 0 fully saturated rings. The van der Waals surface area contributed by atoms with Gasteiger partial charge in [-0.1, -0.05) is 47.5 Å². The fraction of sp³-hybridized carbons (Fsp3) is 0.917. The first-order valence-electron chi connectivity index (χ1n) is 5.51. The Kier molecular flexibility index (Phi) is 4.63. The monoisotopic (exact) mass is 199 g/mol. The average molecular weight is 199 g/mol. The minimum absolute atomic E-state index is 0.193. The number of nitrogens with two attached hydrogens (primary N) is 1. The molecule has 0 aliphatic rings. The highest BCUT2D eigenvalue weighted by molar-refractivity contribution is 5.79. The maximum absolute atomic E-state index is 11.2. The smallest absolute Gasteiger partial charge is 0.223 e. The van der Waals surface area contributed by atoms with E-state index in [2.05, 4.69) is 20.8 Å². The van der Waals surface area contributed by atoms with Gasteiger partial charge < -0.3 is 5.73 Å². The summed E-state index contributed by atoms with van der Waals surface area (Å²) in [5.41, 5.74) is 5.21. The van der Waals surface area contributed by atoms with Crippen molar-refractivity contribution in [2.75, 3.05) is 0 Å². The predicted molar refractivity (Wildman–Crippen MR) is 60.9 cm³/mol. The standard InChI is InChI=1S/C12H25NO/c1-6-7-8-11(2,3)9-12(4,5)10(13)14/h6-9H2,1-5H3,(H2,13,14). The fourth-order valence-corrected chi connectivity index (χ4v) is 2.03. The fourth-order valence-electron chi connectivity index (χ4n) is 2.03. The molecule has 2 nitrogen and oxygen atoms in total. The highest BCUT2D eigenvalue weighted by Gasteiger charge is 2.32. The molecule has 2 N–H and O–H groups in total. The van der Waals surface area contributed by atoms with Crippen LogP contribution in [0.3, 0.4) is 0 Å². The van der Waals surface area contributed by atoms with Crippen molar-refractivity contribution >= 4 is 5.91 Å². The van der Waals surface area contributed by atoms with Gasteiger partial charge in [-0.25, -0.2) is 0 Å². The Balaban J connectivity index is 4.26. The van der Waals surface area contributed by atoms with Crippen LogP contribution in [0.15, 0.2) is 0 Å². The van der Waals surface area contributed by atoms with Crippen molar-refractivity contribution in [3.8, 4) is 0 Å². The van der Waals surface area contributed by atoms with Crippen LogP contribution in [-0.2, 0) is 4.79 Å². The average Bonchev–Trinajstić information content (AvgIpc) is 1.99. The molecule has 0 aliphatic heterocycles. The SMILES string of the molecule is CCCCC(C)(C)CC(C)(C)C(N)=O. The van der Waals surface area contributed by atoms with E-state index in [0.29, 0.717) is 0 Å². The molecule has 2 heteroatoms. The lowest BCUT2D eigenvalue weighted by Crippen LogP contribution is -2.35. The van der Waals surface area contributed by atoms with Gasteiger partial charge in [-0.05, 0) is 18.3 Å². The number of carbonyl (C=O) groups is 1. The van der Waals surface area contributed by atoms with Crippen LogP contribution < -0.4 is 5.73 Å². The second-order valence-electron chi connectivity index (χ2n) is 5.69. The summed E-state index contributed by atoms with van der Waals surface area (Å²) in [5.74, 6) is -0.193. The normalized spacial score (nSPS) is 12.9. The molecule has 0 bridgehead atoms. The van der Waals surface area contributed by atoms with Gasteiger partial charge in [0.2, 0.25) is 5.91 Å². The summed E-state index contributed by atoms with van der Waals surface area (Å²) < 4.78 is 0. The van der Waals surface area contributed by atoms with Gasteiger partial charge in [0.25, 0.3) is 0 Å². The molecule has 0 heterocycles. The van der Waals surface area contributed by atoms with E-state index < -0.39 is 0 Å². The molecular formula is C12H25NO. The van der Waals surface area contributed by atoms with Crippen molar-refractivity contribution in [2.24, 2.45) is 16.6 Å². The zero-order valence-corrected chi connectivity index (χ0v) is 10.3. The van der Waals surface area contributed by atoms with Gasteiger partial charge in [-0.2, -0.15) is 0 Å². The summed E-state index contributed by atoms with van der Waals surface area (Å²) >= 11 is 0. The van der Waals surface area contributed by atoms with Gasteiger partial charge in [-0.15, -0.1) is 0 Å². The molecule has 0 spiro atoms. The molecule has 0 rings (SSSR count). The summed E-state index contributed by atoms with van der Waals surface area (Å²) in [6, 6.07) is 0. The number of carbonyl (C=O) groups excluding carboxylic acids is 1. The van der Waals surface area contributed by atoms with Crippen molar-refractivity contribution < 1.29 is 4.79 Å². The van der Waals surface area contributed by atoms with E-state index in [1.807, 2.05) is 13.8 Å². The Labute approximate surface area is 88.3 Å². The molecule has 0 atom stereocenters. The van der Waals surface area contributed by atoms with Gasteiger partial charge in [0.05, 0.1) is 0 Å². The zero-order valence-electron chi connectivity index (χ0n) is 10.3. The first-order valence-corrected chi connectivity index (χ1v) is 5.51. The molecule has 0 aromatic carbocycles. The van der Waals surface area contributed by atoms with Crippen molar-refractivity contribution in [2.45, 2.75) is 60.3 Å². The molecule has 84 valence electrons. The second-order valence-corrected chi connectivity index (χ2v) is 5.69. The van der Waals surface area contributed by atoms with Crippen LogP contribution in [0, 0.1) is 10.8 Å². The summed E-state index contributed by atoms with van der Waals surface area (Å²) in [7, 11) is 0. The number of rotatable bonds is 6. The topological polar surface area (TPSA) is 43.1 Å². The third-order valence-electron chi connectivity index (χ3n) is 2.79. The molecule has 0 aliphatic carbocycles. The van der Waals surface area contributed by atoms with Crippen LogP contribution in [0.1, 0.15) is 60.3 Å². The molecule has 0 saturated heterocycles. The maximum atomic E-state index is 11.2. The van der Waals surface area contributed by atoms with E-state index in [4.69, 9.17) is 5.73 Å². The highest BCUT2D eigenvalue weighted by atomic mass is 16.1. The summed E-state index contributed by atoms with van der Waals surface area (Å²) in [6.45, 7) is 10.5. The number of unbranched alkanes of at least 4 members (excludes halogenated alkanes) is 1. The van der Waals surface area contributed by atoms with Gasteiger partial charge >= 0.3 is 0 Å². The van der Waals surface area contributed by atoms with Gasteiger partial charge in [0.1, 0.15) is 0 Å². The van der Waals surface area contributed by atoms with Crippen LogP contribution in [0.2, 0.25) is 0 Å². The zero-order chi connectivity index (χ0) is 11.4. The third kappa shape index (κ3) is 4.64. The minimum atomic E-state index is -0.378. The Hall–Kier alpha value is -0.530. The first kappa shape index (κ1) is 13.5. The highest BCUT2D eigenvalue weighted by Crippen LogP contribution is 2.36.